The van der Waals surface area contributed by atoms with E-state index in [-0.39, 0.29) is 5.91 Å². The van der Waals surface area contributed by atoms with Crippen LogP contribution >= 0.6 is 0 Å². The number of carbonyl (C=O) groups is 1. The minimum Gasteiger partial charge on any atom is -0.497 e. The number of amides is 1. The van der Waals surface area contributed by atoms with Gasteiger partial charge in [-0.15, -0.1) is 0 Å². The van der Waals surface area contributed by atoms with E-state index in [2.05, 4.69) is 5.32 Å². The summed E-state index contributed by atoms with van der Waals surface area (Å²) in [5, 5.41) is 2.90. The number of nitrogen functional groups attached to an aromatic ring is 1. The number of carbonyl (C=O) groups excluding carboxylic acids is 1. The normalized spacial score (nSPS) is 10.2. The first-order valence-corrected chi connectivity index (χ1v) is 6.33. The van der Waals surface area contributed by atoms with E-state index in [1.165, 1.54) is 0 Å². The molecule has 2 rings (SSSR count). The van der Waals surface area contributed by atoms with Crippen molar-refractivity contribution in [1.29, 1.82) is 0 Å². The number of ether oxygens (including phenoxy) is 1. The smallest absolute Gasteiger partial charge is 0.256 e. The van der Waals surface area contributed by atoms with Crippen LogP contribution in [0.15, 0.2) is 36.4 Å². The molecule has 4 heteroatoms. The first-order chi connectivity index (χ1) is 9.51. The van der Waals surface area contributed by atoms with Crippen molar-refractivity contribution in [1.82, 2.24) is 0 Å². The lowest BCUT2D eigenvalue weighted by Gasteiger charge is -2.11. The second-order valence-electron chi connectivity index (χ2n) is 4.71. The van der Waals surface area contributed by atoms with E-state index < -0.39 is 0 Å². The number of hydrogen-bond acceptors (Lipinski definition) is 3. The summed E-state index contributed by atoms with van der Waals surface area (Å²) in [5.41, 5.74) is 9.49. The molecule has 20 heavy (non-hydrogen) atoms. The summed E-state index contributed by atoms with van der Waals surface area (Å²) < 4.78 is 5.15. The maximum atomic E-state index is 12.3. The summed E-state index contributed by atoms with van der Waals surface area (Å²) >= 11 is 0. The van der Waals surface area contributed by atoms with Crippen LogP contribution in [0, 0.1) is 13.8 Å². The minimum atomic E-state index is -0.164. The number of anilines is 2. The Morgan fingerprint density at radius 1 is 1.10 bits per heavy atom. The Morgan fingerprint density at radius 3 is 2.50 bits per heavy atom. The van der Waals surface area contributed by atoms with Gasteiger partial charge in [-0.3, -0.25) is 4.79 Å². The average Bonchev–Trinajstić information content (AvgIpc) is 2.43. The first kappa shape index (κ1) is 13.9. The molecule has 104 valence electrons. The van der Waals surface area contributed by atoms with Gasteiger partial charge in [0.05, 0.1) is 7.11 Å². The van der Waals surface area contributed by atoms with Gasteiger partial charge in [-0.05, 0) is 55.3 Å². The molecule has 0 atom stereocenters. The van der Waals surface area contributed by atoms with Gasteiger partial charge in [0.15, 0.2) is 0 Å². The quantitative estimate of drug-likeness (QED) is 0.842. The van der Waals surface area contributed by atoms with Gasteiger partial charge in [0.1, 0.15) is 5.75 Å². The number of hydrogen-bond donors (Lipinski definition) is 2. The van der Waals surface area contributed by atoms with Crippen molar-refractivity contribution in [2.24, 2.45) is 0 Å². The van der Waals surface area contributed by atoms with E-state index in [4.69, 9.17) is 10.5 Å². The van der Waals surface area contributed by atoms with Crippen LogP contribution < -0.4 is 15.8 Å². The zero-order chi connectivity index (χ0) is 14.7. The average molecular weight is 270 g/mol. The number of nitrogens with two attached hydrogens (primary N) is 1. The molecular weight excluding hydrogens is 252 g/mol. The molecule has 0 aliphatic heterocycles. The lowest BCUT2D eigenvalue weighted by molar-refractivity contribution is 0.102. The molecule has 1 amide bonds. The highest BCUT2D eigenvalue weighted by molar-refractivity contribution is 6.06. The number of benzene rings is 2. The van der Waals surface area contributed by atoms with Crippen LogP contribution in [0.5, 0.6) is 5.75 Å². The lowest BCUT2D eigenvalue weighted by Crippen LogP contribution is -2.14. The number of aryl methyl sites for hydroxylation is 2. The third-order valence-electron chi connectivity index (χ3n) is 3.19. The Labute approximate surface area is 118 Å². The molecule has 0 saturated carbocycles. The van der Waals surface area contributed by atoms with E-state index >= 15 is 0 Å². The Bertz CT molecular complexity index is 651. The minimum absolute atomic E-state index is 0.164. The maximum absolute atomic E-state index is 12.3. The van der Waals surface area contributed by atoms with Crippen LogP contribution in [0.2, 0.25) is 0 Å². The van der Waals surface area contributed by atoms with Crippen LogP contribution in [0.4, 0.5) is 11.4 Å². The van der Waals surface area contributed by atoms with Gasteiger partial charge >= 0.3 is 0 Å². The topological polar surface area (TPSA) is 64.3 Å². The second kappa shape index (κ2) is 5.65. The van der Waals surface area contributed by atoms with Crippen molar-refractivity contribution in [3.05, 3.63) is 53.1 Å². The molecule has 2 aromatic rings. The van der Waals surface area contributed by atoms with Crippen molar-refractivity contribution in [3.63, 3.8) is 0 Å². The molecule has 4 nitrogen and oxygen atoms in total. The molecule has 0 spiro atoms. The van der Waals surface area contributed by atoms with Crippen molar-refractivity contribution in [2.75, 3.05) is 18.2 Å². The fourth-order valence-electron chi connectivity index (χ4n) is 1.98. The van der Waals surface area contributed by atoms with Crippen LogP contribution in [0.1, 0.15) is 21.5 Å². The van der Waals surface area contributed by atoms with Gasteiger partial charge in [0, 0.05) is 16.9 Å². The highest BCUT2D eigenvalue weighted by Gasteiger charge is 2.11. The summed E-state index contributed by atoms with van der Waals surface area (Å²) in [6.45, 7) is 3.81. The molecule has 0 fully saturated rings. The largest absolute Gasteiger partial charge is 0.497 e. The summed E-state index contributed by atoms with van der Waals surface area (Å²) in [6.07, 6.45) is 0. The van der Waals surface area contributed by atoms with Crippen molar-refractivity contribution >= 4 is 17.3 Å². The van der Waals surface area contributed by atoms with E-state index in [1.807, 2.05) is 38.1 Å². The molecule has 0 heterocycles. The zero-order valence-corrected chi connectivity index (χ0v) is 11.9. The zero-order valence-electron chi connectivity index (χ0n) is 11.9. The van der Waals surface area contributed by atoms with Crippen LogP contribution in [-0.2, 0) is 0 Å². The maximum Gasteiger partial charge on any atom is 0.256 e. The molecule has 0 aliphatic rings. The van der Waals surface area contributed by atoms with Gasteiger partial charge in [0.25, 0.3) is 5.91 Å². The fourth-order valence-corrected chi connectivity index (χ4v) is 1.98. The molecule has 0 saturated heterocycles. The predicted octanol–water partition coefficient (Wildman–Crippen LogP) is 3.15. The first-order valence-electron chi connectivity index (χ1n) is 6.33. The second-order valence-corrected chi connectivity index (χ2v) is 4.71. The highest BCUT2D eigenvalue weighted by atomic mass is 16.5. The number of methoxy groups -OCH3 is 1. The number of nitrogens with one attached hydrogen (secondary N) is 1. The van der Waals surface area contributed by atoms with Gasteiger partial charge in [-0.2, -0.15) is 0 Å². The third kappa shape index (κ3) is 2.91. The van der Waals surface area contributed by atoms with Crippen molar-refractivity contribution < 1.29 is 9.53 Å². The van der Waals surface area contributed by atoms with E-state index in [0.29, 0.717) is 11.3 Å². The van der Waals surface area contributed by atoms with E-state index in [9.17, 15) is 4.79 Å². The van der Waals surface area contributed by atoms with Gasteiger partial charge < -0.3 is 15.8 Å². The van der Waals surface area contributed by atoms with Gasteiger partial charge in [-0.1, -0.05) is 6.07 Å². The molecule has 0 radical (unpaired) electrons. The van der Waals surface area contributed by atoms with Gasteiger partial charge in [-0.25, -0.2) is 0 Å². The lowest BCUT2D eigenvalue weighted by atomic mass is 10.1. The molecule has 0 aromatic heterocycles. The Balaban J connectivity index is 2.25. The highest BCUT2D eigenvalue weighted by Crippen LogP contribution is 2.22. The molecule has 3 N–H and O–H groups in total. The Morgan fingerprint density at radius 2 is 1.85 bits per heavy atom. The van der Waals surface area contributed by atoms with Crippen LogP contribution in [0.25, 0.3) is 0 Å². The fraction of sp³-hybridized carbons (Fsp3) is 0.188. The molecule has 0 aliphatic carbocycles. The number of rotatable bonds is 3. The van der Waals surface area contributed by atoms with Gasteiger partial charge in [0.2, 0.25) is 0 Å². The van der Waals surface area contributed by atoms with Crippen molar-refractivity contribution in [3.8, 4) is 5.75 Å². The summed E-state index contributed by atoms with van der Waals surface area (Å²) in [7, 11) is 1.61. The molecular formula is C16H18N2O2. The Hall–Kier alpha value is -2.49. The summed E-state index contributed by atoms with van der Waals surface area (Å²) in [5.74, 6) is 0.601. The standard InChI is InChI=1S/C16H18N2O2/c1-10-4-5-12(17)9-14(10)16(19)18-15-7-6-13(20-3)8-11(15)2/h4-9H,17H2,1-3H3,(H,18,19). The Kier molecular flexibility index (Phi) is 3.94. The predicted molar refractivity (Wildman–Crippen MR) is 81.3 cm³/mol. The monoisotopic (exact) mass is 270 g/mol. The SMILES string of the molecule is COc1ccc(NC(=O)c2cc(N)ccc2C)c(C)c1. The third-order valence-corrected chi connectivity index (χ3v) is 3.19. The molecule has 0 bridgehead atoms. The van der Waals surface area contributed by atoms with E-state index in [1.54, 1.807) is 19.2 Å². The van der Waals surface area contributed by atoms with Crippen LogP contribution in [-0.4, -0.2) is 13.0 Å². The summed E-state index contributed by atoms with van der Waals surface area (Å²) in [4.78, 5) is 12.3. The molecule has 2 aromatic carbocycles. The molecule has 0 unspecified atom stereocenters. The van der Waals surface area contributed by atoms with E-state index in [0.717, 1.165) is 22.6 Å². The van der Waals surface area contributed by atoms with Crippen LogP contribution in [0.3, 0.4) is 0 Å². The van der Waals surface area contributed by atoms with Crippen molar-refractivity contribution in [2.45, 2.75) is 13.8 Å². The summed E-state index contributed by atoms with van der Waals surface area (Å²) in [6, 6.07) is 10.8.